The summed E-state index contributed by atoms with van der Waals surface area (Å²) in [5, 5.41) is 18.3. The summed E-state index contributed by atoms with van der Waals surface area (Å²) in [4.78, 5) is 40.6. The van der Waals surface area contributed by atoms with Crippen molar-refractivity contribution in [3.05, 3.63) is 64.6 Å². The first-order chi connectivity index (χ1) is 13.8. The predicted molar refractivity (Wildman–Crippen MR) is 108 cm³/mol. The second-order valence-corrected chi connectivity index (χ2v) is 6.95. The van der Waals surface area contributed by atoms with Crippen LogP contribution < -0.4 is 4.74 Å². The van der Waals surface area contributed by atoms with Crippen molar-refractivity contribution >= 4 is 46.5 Å². The van der Waals surface area contributed by atoms with Crippen LogP contribution in [0.5, 0.6) is 5.75 Å². The number of nitrogens with zero attached hydrogens (tertiary/aromatic N) is 2. The molecule has 0 aromatic heterocycles. The van der Waals surface area contributed by atoms with Gasteiger partial charge in [-0.15, -0.1) is 0 Å². The number of thioether (sulfide) groups is 1. The van der Waals surface area contributed by atoms with Gasteiger partial charge in [0.25, 0.3) is 5.91 Å². The molecule has 148 valence electrons. The fourth-order valence-electron chi connectivity index (χ4n) is 2.48. The summed E-state index contributed by atoms with van der Waals surface area (Å²) < 4.78 is 5.26. The number of amidine groups is 1. The number of likely N-dealkylation sites (N-methyl/N-ethyl adjacent to an activating group) is 1. The number of rotatable bonds is 6. The lowest BCUT2D eigenvalue weighted by Crippen LogP contribution is -2.23. The van der Waals surface area contributed by atoms with Crippen LogP contribution in [-0.2, 0) is 9.59 Å². The summed E-state index contributed by atoms with van der Waals surface area (Å²) >= 11 is 1.13. The van der Waals surface area contributed by atoms with Gasteiger partial charge < -0.3 is 14.9 Å². The molecule has 1 aliphatic rings. The van der Waals surface area contributed by atoms with E-state index in [1.165, 1.54) is 17.0 Å². The van der Waals surface area contributed by atoms with Gasteiger partial charge in [-0.3, -0.25) is 9.69 Å². The molecule has 2 aromatic carbocycles. The van der Waals surface area contributed by atoms with E-state index in [9.17, 15) is 14.4 Å². The van der Waals surface area contributed by atoms with Crippen LogP contribution in [0.2, 0.25) is 0 Å². The van der Waals surface area contributed by atoms with Crippen molar-refractivity contribution in [2.24, 2.45) is 4.99 Å². The van der Waals surface area contributed by atoms with Crippen LogP contribution >= 0.6 is 11.8 Å². The molecule has 2 N–H and O–H groups in total. The molecule has 2 aromatic rings. The second kappa shape index (κ2) is 8.61. The Morgan fingerprint density at radius 2 is 1.93 bits per heavy atom. The van der Waals surface area contributed by atoms with Gasteiger partial charge in [0.2, 0.25) is 0 Å². The minimum absolute atomic E-state index is 0.101. The number of carboxylic acids is 2. The second-order valence-electron chi connectivity index (χ2n) is 5.94. The highest BCUT2D eigenvalue weighted by Crippen LogP contribution is 2.34. The lowest BCUT2D eigenvalue weighted by molar-refractivity contribution is -0.139. The average molecular weight is 412 g/mol. The molecule has 1 amide bonds. The van der Waals surface area contributed by atoms with Crippen LogP contribution in [0.4, 0.5) is 5.69 Å². The van der Waals surface area contributed by atoms with Crippen LogP contribution in [-0.4, -0.2) is 51.8 Å². The van der Waals surface area contributed by atoms with Gasteiger partial charge >= 0.3 is 11.9 Å². The maximum absolute atomic E-state index is 12.6. The van der Waals surface area contributed by atoms with Gasteiger partial charge in [0.1, 0.15) is 5.75 Å². The van der Waals surface area contributed by atoms with E-state index < -0.39 is 18.5 Å². The molecule has 0 spiro atoms. The summed E-state index contributed by atoms with van der Waals surface area (Å²) in [5.41, 5.74) is 1.08. The van der Waals surface area contributed by atoms with Crippen molar-refractivity contribution in [1.82, 2.24) is 4.90 Å². The Kier molecular flexibility index (Phi) is 5.99. The van der Waals surface area contributed by atoms with E-state index in [1.54, 1.807) is 49.5 Å². The van der Waals surface area contributed by atoms with Gasteiger partial charge in [0.15, 0.2) is 11.8 Å². The summed E-state index contributed by atoms with van der Waals surface area (Å²) in [6.07, 6.45) is 1.61. The highest BCUT2D eigenvalue weighted by atomic mass is 32.2. The number of amides is 1. The Morgan fingerprint density at radius 3 is 2.66 bits per heavy atom. The first-order valence-corrected chi connectivity index (χ1v) is 9.20. The molecule has 8 nitrogen and oxygen atoms in total. The van der Waals surface area contributed by atoms with Crippen molar-refractivity contribution in [3.8, 4) is 5.75 Å². The number of para-hydroxylation sites is 1. The van der Waals surface area contributed by atoms with Crippen LogP contribution in [0, 0.1) is 0 Å². The zero-order chi connectivity index (χ0) is 21.0. The maximum atomic E-state index is 12.6. The number of aliphatic carboxylic acids is 1. The Balaban J connectivity index is 1.88. The number of aromatic carboxylic acids is 1. The van der Waals surface area contributed by atoms with E-state index in [2.05, 4.69) is 4.99 Å². The zero-order valence-corrected chi connectivity index (χ0v) is 16.0. The van der Waals surface area contributed by atoms with Gasteiger partial charge in [-0.25, -0.2) is 14.6 Å². The third kappa shape index (κ3) is 4.82. The quantitative estimate of drug-likeness (QED) is 0.700. The number of hydrogen-bond acceptors (Lipinski definition) is 6. The van der Waals surface area contributed by atoms with E-state index in [-0.39, 0.29) is 11.5 Å². The molecule has 0 saturated carbocycles. The molecule has 0 radical (unpaired) electrons. The lowest BCUT2D eigenvalue weighted by Gasteiger charge is -2.08. The molecular formula is C20H16N2O6S. The highest BCUT2D eigenvalue weighted by molar-refractivity contribution is 8.18. The van der Waals surface area contributed by atoms with Gasteiger partial charge in [0.05, 0.1) is 16.2 Å². The lowest BCUT2D eigenvalue weighted by atomic mass is 10.2. The summed E-state index contributed by atoms with van der Waals surface area (Å²) in [5.74, 6) is -2.10. The third-order valence-corrected chi connectivity index (χ3v) is 4.94. The smallest absolute Gasteiger partial charge is 0.341 e. The van der Waals surface area contributed by atoms with E-state index in [1.807, 2.05) is 0 Å². The third-order valence-electron chi connectivity index (χ3n) is 3.88. The van der Waals surface area contributed by atoms with Gasteiger partial charge in [-0.1, -0.05) is 24.3 Å². The first kappa shape index (κ1) is 20.2. The average Bonchev–Trinajstić information content (AvgIpc) is 2.95. The highest BCUT2D eigenvalue weighted by Gasteiger charge is 2.30. The molecule has 1 heterocycles. The van der Waals surface area contributed by atoms with E-state index in [0.29, 0.717) is 27.1 Å². The minimum atomic E-state index is -1.10. The number of ether oxygens (including phenoxy) is 1. The molecule has 1 saturated heterocycles. The van der Waals surface area contributed by atoms with E-state index >= 15 is 0 Å². The van der Waals surface area contributed by atoms with Crippen LogP contribution in [0.15, 0.2) is 58.4 Å². The number of carboxylic acid groups (broad SMARTS) is 2. The number of carbonyl (C=O) groups excluding carboxylic acids is 1. The van der Waals surface area contributed by atoms with Crippen LogP contribution in [0.1, 0.15) is 15.9 Å². The number of carbonyl (C=O) groups is 3. The van der Waals surface area contributed by atoms with Crippen molar-refractivity contribution in [3.63, 3.8) is 0 Å². The summed E-state index contributed by atoms with van der Waals surface area (Å²) in [7, 11) is 1.57. The summed E-state index contributed by atoms with van der Waals surface area (Å²) in [6.45, 7) is -0.492. The van der Waals surface area contributed by atoms with Crippen molar-refractivity contribution in [1.29, 1.82) is 0 Å². The topological polar surface area (TPSA) is 117 Å². The Labute approximate surface area is 170 Å². The fraction of sp³-hybridized carbons (Fsp3) is 0.100. The molecule has 9 heteroatoms. The van der Waals surface area contributed by atoms with Gasteiger partial charge in [-0.2, -0.15) is 0 Å². The Bertz CT molecular complexity index is 1050. The Morgan fingerprint density at radius 1 is 1.17 bits per heavy atom. The standard InChI is InChI=1S/C20H16N2O6S/c1-22-18(25)16(10-12-5-2-3-8-15(12)28-11-17(23)24)29-20(22)21-14-7-4-6-13(9-14)19(26)27/h2-10H,11H2,1H3,(H,23,24)(H,26,27)/b16-10-,21-20?. The molecule has 1 aliphatic heterocycles. The van der Waals surface area contributed by atoms with E-state index in [0.717, 1.165) is 11.8 Å². The predicted octanol–water partition coefficient (Wildman–Crippen LogP) is 3.08. The zero-order valence-electron chi connectivity index (χ0n) is 15.2. The first-order valence-electron chi connectivity index (χ1n) is 8.38. The van der Waals surface area contributed by atoms with Gasteiger partial charge in [0, 0.05) is 12.6 Å². The van der Waals surface area contributed by atoms with Gasteiger partial charge in [-0.05, 0) is 42.1 Å². The SMILES string of the molecule is CN1C(=O)/C(=C/c2ccccc2OCC(=O)O)SC1=Nc1cccc(C(=O)O)c1. The van der Waals surface area contributed by atoms with Crippen LogP contribution in [0.25, 0.3) is 6.08 Å². The molecule has 3 rings (SSSR count). The molecule has 0 unspecified atom stereocenters. The number of benzene rings is 2. The van der Waals surface area contributed by atoms with E-state index in [4.69, 9.17) is 14.9 Å². The maximum Gasteiger partial charge on any atom is 0.341 e. The molecule has 29 heavy (non-hydrogen) atoms. The summed E-state index contributed by atoms with van der Waals surface area (Å²) in [6, 6.07) is 12.9. The number of aliphatic imine (C=N–C) groups is 1. The Hall–Kier alpha value is -3.59. The monoisotopic (exact) mass is 412 g/mol. The molecule has 0 atom stereocenters. The molecule has 1 fully saturated rings. The van der Waals surface area contributed by atoms with Crippen molar-refractivity contribution < 1.29 is 29.3 Å². The normalized spacial score (nSPS) is 16.4. The minimum Gasteiger partial charge on any atom is -0.481 e. The molecular weight excluding hydrogens is 396 g/mol. The number of hydrogen-bond donors (Lipinski definition) is 2. The molecule has 0 bridgehead atoms. The van der Waals surface area contributed by atoms with Crippen molar-refractivity contribution in [2.75, 3.05) is 13.7 Å². The fourth-order valence-corrected chi connectivity index (χ4v) is 3.46. The van der Waals surface area contributed by atoms with Crippen molar-refractivity contribution in [2.45, 2.75) is 0 Å². The largest absolute Gasteiger partial charge is 0.481 e. The van der Waals surface area contributed by atoms with Crippen LogP contribution in [0.3, 0.4) is 0 Å². The molecule has 0 aliphatic carbocycles.